The fourth-order valence-corrected chi connectivity index (χ4v) is 2.86. The molecule has 0 aromatic heterocycles. The van der Waals surface area contributed by atoms with Gasteiger partial charge in [-0.25, -0.2) is 0 Å². The Kier molecular flexibility index (Phi) is 3.69. The van der Waals surface area contributed by atoms with Crippen molar-refractivity contribution in [1.82, 2.24) is 0 Å². The Bertz CT molecular complexity index is 485. The van der Waals surface area contributed by atoms with Crippen LogP contribution in [0.25, 0.3) is 0 Å². The zero-order chi connectivity index (χ0) is 12.3. The molecule has 0 bridgehead atoms. The van der Waals surface area contributed by atoms with Crippen LogP contribution >= 0.6 is 23.5 Å². The van der Waals surface area contributed by atoms with Gasteiger partial charge in [-0.05, 0) is 37.1 Å². The molecule has 0 amide bonds. The van der Waals surface area contributed by atoms with Crippen LogP contribution < -0.4 is 0 Å². The van der Waals surface area contributed by atoms with E-state index in [9.17, 15) is 4.79 Å². The normalized spacial score (nSPS) is 24.4. The van der Waals surface area contributed by atoms with E-state index in [0.717, 1.165) is 10.1 Å². The van der Waals surface area contributed by atoms with E-state index in [2.05, 4.69) is 9.98 Å². The number of para-hydroxylation sites is 1. The molecule has 1 aromatic carbocycles. The Balaban J connectivity index is 2.21. The monoisotopic (exact) mass is 264 g/mol. The molecule has 0 radical (unpaired) electrons. The molecule has 17 heavy (non-hydrogen) atoms. The molecule has 1 aromatic rings. The van der Waals surface area contributed by atoms with Gasteiger partial charge in [-0.1, -0.05) is 18.2 Å². The Hall–Kier alpha value is -1.07. The van der Waals surface area contributed by atoms with Crippen molar-refractivity contribution in [2.45, 2.75) is 12.5 Å². The average Bonchev–Trinajstić information content (AvgIpc) is 2.65. The van der Waals surface area contributed by atoms with E-state index in [1.165, 1.54) is 23.5 Å². The summed E-state index contributed by atoms with van der Waals surface area (Å²) in [6.45, 7) is 1.79. The van der Waals surface area contributed by atoms with E-state index in [1.807, 2.05) is 36.6 Å². The fourth-order valence-electron chi connectivity index (χ4n) is 1.32. The van der Waals surface area contributed by atoms with E-state index >= 15 is 0 Å². The molecular formula is C12H12N2OS2. The lowest BCUT2D eigenvalue weighted by atomic mass is 10.1. The molecular weight excluding hydrogens is 252 g/mol. The van der Waals surface area contributed by atoms with Crippen molar-refractivity contribution in [3.63, 3.8) is 0 Å². The lowest BCUT2D eigenvalue weighted by Gasteiger charge is -2.10. The van der Waals surface area contributed by atoms with Crippen molar-refractivity contribution in [2.24, 2.45) is 9.98 Å². The Labute approximate surface area is 109 Å². The Morgan fingerprint density at radius 1 is 1.41 bits per heavy atom. The highest BCUT2D eigenvalue weighted by Crippen LogP contribution is 2.32. The smallest absolute Gasteiger partial charge is 0.228 e. The Morgan fingerprint density at radius 3 is 2.71 bits per heavy atom. The van der Waals surface area contributed by atoms with Crippen LogP contribution in [-0.4, -0.2) is 27.5 Å². The second-order valence-electron chi connectivity index (χ2n) is 3.71. The zero-order valence-electron chi connectivity index (χ0n) is 9.58. The summed E-state index contributed by atoms with van der Waals surface area (Å²) in [7, 11) is 0. The first kappa shape index (κ1) is 12.4. The van der Waals surface area contributed by atoms with Crippen molar-refractivity contribution >= 4 is 44.9 Å². The van der Waals surface area contributed by atoms with Crippen LogP contribution in [-0.2, 0) is 4.79 Å². The first-order valence-corrected chi connectivity index (χ1v) is 7.14. The number of benzene rings is 1. The second-order valence-corrected chi connectivity index (χ2v) is 5.73. The highest BCUT2D eigenvalue weighted by molar-refractivity contribution is 8.45. The first-order valence-electron chi connectivity index (χ1n) is 5.10. The summed E-state index contributed by atoms with van der Waals surface area (Å²) in [6.07, 6.45) is 3.54. The van der Waals surface area contributed by atoms with E-state index in [0.29, 0.717) is 0 Å². The van der Waals surface area contributed by atoms with Gasteiger partial charge in [0.1, 0.15) is 4.38 Å². The van der Waals surface area contributed by atoms with Crippen LogP contribution in [0, 0.1) is 0 Å². The molecule has 1 aliphatic heterocycles. The summed E-state index contributed by atoms with van der Waals surface area (Å²) in [4.78, 5) is 20.5. The van der Waals surface area contributed by atoms with Crippen molar-refractivity contribution in [2.75, 3.05) is 6.26 Å². The third-order valence-corrected chi connectivity index (χ3v) is 4.37. The third-order valence-electron chi connectivity index (χ3n) is 2.31. The molecule has 2 rings (SSSR count). The molecule has 88 valence electrons. The van der Waals surface area contributed by atoms with Crippen molar-refractivity contribution in [3.8, 4) is 0 Å². The van der Waals surface area contributed by atoms with Gasteiger partial charge in [0.05, 0.1) is 5.69 Å². The second kappa shape index (κ2) is 5.06. The minimum atomic E-state index is -0.821. The quantitative estimate of drug-likeness (QED) is 0.771. The molecule has 0 spiro atoms. The predicted octanol–water partition coefficient (Wildman–Crippen LogP) is 3.14. The minimum absolute atomic E-state index is 0.0292. The van der Waals surface area contributed by atoms with Crippen molar-refractivity contribution in [3.05, 3.63) is 30.3 Å². The van der Waals surface area contributed by atoms with Crippen LogP contribution in [0.2, 0.25) is 0 Å². The van der Waals surface area contributed by atoms with Crippen molar-refractivity contribution in [1.29, 1.82) is 0 Å². The molecule has 0 saturated carbocycles. The number of aliphatic imine (C=N–C) groups is 2. The standard InChI is InChI=1S/C12H12N2OS2/c1-12(10(15)17-11(14-12)16-2)8-13-9-6-4-3-5-7-9/h3-8H,1-2H3. The molecule has 3 nitrogen and oxygen atoms in total. The summed E-state index contributed by atoms with van der Waals surface area (Å²) in [5.74, 6) is 0. The predicted molar refractivity (Wildman–Crippen MR) is 76.5 cm³/mol. The summed E-state index contributed by atoms with van der Waals surface area (Å²) in [5.41, 5.74) is 0.0121. The highest BCUT2D eigenvalue weighted by Gasteiger charge is 2.38. The van der Waals surface area contributed by atoms with Gasteiger partial charge in [-0.15, -0.1) is 11.8 Å². The summed E-state index contributed by atoms with van der Waals surface area (Å²) >= 11 is 2.68. The average molecular weight is 264 g/mol. The highest BCUT2D eigenvalue weighted by atomic mass is 32.2. The lowest BCUT2D eigenvalue weighted by Crippen LogP contribution is -2.29. The number of hydrogen-bond acceptors (Lipinski definition) is 5. The van der Waals surface area contributed by atoms with Gasteiger partial charge in [0.15, 0.2) is 5.54 Å². The maximum Gasteiger partial charge on any atom is 0.228 e. The molecule has 1 unspecified atom stereocenters. The van der Waals surface area contributed by atoms with Gasteiger partial charge in [0.2, 0.25) is 5.12 Å². The van der Waals surface area contributed by atoms with Crippen LogP contribution in [0.4, 0.5) is 5.69 Å². The molecule has 0 N–H and O–H groups in total. The van der Waals surface area contributed by atoms with E-state index < -0.39 is 5.54 Å². The van der Waals surface area contributed by atoms with E-state index in [4.69, 9.17) is 0 Å². The summed E-state index contributed by atoms with van der Waals surface area (Å²) < 4.78 is 0.803. The summed E-state index contributed by atoms with van der Waals surface area (Å²) in [5, 5.41) is 0.0292. The summed E-state index contributed by atoms with van der Waals surface area (Å²) in [6, 6.07) is 9.55. The maximum atomic E-state index is 11.8. The molecule has 1 heterocycles. The van der Waals surface area contributed by atoms with Gasteiger partial charge >= 0.3 is 0 Å². The first-order chi connectivity index (χ1) is 8.14. The zero-order valence-corrected chi connectivity index (χ0v) is 11.2. The van der Waals surface area contributed by atoms with Gasteiger partial charge in [-0.2, -0.15) is 0 Å². The largest absolute Gasteiger partial charge is 0.284 e. The number of carbonyl (C=O) groups excluding carboxylic acids is 1. The lowest BCUT2D eigenvalue weighted by molar-refractivity contribution is -0.112. The van der Waals surface area contributed by atoms with Crippen LogP contribution in [0.3, 0.4) is 0 Å². The van der Waals surface area contributed by atoms with Gasteiger partial charge in [-0.3, -0.25) is 14.8 Å². The molecule has 5 heteroatoms. The number of thioether (sulfide) groups is 2. The van der Waals surface area contributed by atoms with Crippen LogP contribution in [0.5, 0.6) is 0 Å². The van der Waals surface area contributed by atoms with Crippen LogP contribution in [0.1, 0.15) is 6.92 Å². The molecule has 1 aliphatic rings. The van der Waals surface area contributed by atoms with Gasteiger partial charge < -0.3 is 0 Å². The number of nitrogens with zero attached hydrogens (tertiary/aromatic N) is 2. The number of hydrogen-bond donors (Lipinski definition) is 0. The Morgan fingerprint density at radius 2 is 2.12 bits per heavy atom. The molecule has 0 fully saturated rings. The van der Waals surface area contributed by atoms with E-state index in [-0.39, 0.29) is 5.12 Å². The number of rotatable bonds is 2. The fraction of sp³-hybridized carbons (Fsp3) is 0.250. The molecule has 0 aliphatic carbocycles. The van der Waals surface area contributed by atoms with Gasteiger partial charge in [0, 0.05) is 6.21 Å². The SMILES string of the molecule is CSC1=NC(C)(C=Nc2ccccc2)C(=O)S1. The van der Waals surface area contributed by atoms with Gasteiger partial charge in [0.25, 0.3) is 0 Å². The maximum absolute atomic E-state index is 11.8. The molecule has 1 atom stereocenters. The van der Waals surface area contributed by atoms with Crippen LogP contribution in [0.15, 0.2) is 40.3 Å². The topological polar surface area (TPSA) is 41.8 Å². The third kappa shape index (κ3) is 2.79. The minimum Gasteiger partial charge on any atom is -0.284 e. The molecule has 0 saturated heterocycles. The van der Waals surface area contributed by atoms with Crippen molar-refractivity contribution < 1.29 is 4.79 Å². The van der Waals surface area contributed by atoms with E-state index in [1.54, 1.807) is 13.1 Å². The number of carbonyl (C=O) groups is 1.